The summed E-state index contributed by atoms with van der Waals surface area (Å²) in [6.07, 6.45) is 8.05. The first kappa shape index (κ1) is 22.8. The Morgan fingerprint density at radius 3 is 2.37 bits per heavy atom. The summed E-state index contributed by atoms with van der Waals surface area (Å²) in [5.74, 6) is 0.364. The van der Waals surface area contributed by atoms with Crippen molar-refractivity contribution in [1.29, 1.82) is 0 Å². The number of amides is 1. The number of ether oxygens (including phenoxy) is 1. The van der Waals surface area contributed by atoms with Gasteiger partial charge >= 0.3 is 0 Å². The molecule has 3 fully saturated rings. The zero-order chi connectivity index (χ0) is 21.6. The van der Waals surface area contributed by atoms with E-state index in [1.54, 1.807) is 0 Å². The first-order valence-corrected chi connectivity index (χ1v) is 11.2. The minimum absolute atomic E-state index is 0.187. The Bertz CT molecular complexity index is 702. The molecule has 1 saturated carbocycles. The van der Waals surface area contributed by atoms with E-state index in [0.717, 1.165) is 51.9 Å². The Morgan fingerprint density at radius 1 is 1.10 bits per heavy atom. The fourth-order valence-electron chi connectivity index (χ4n) is 5.96. The van der Waals surface area contributed by atoms with Crippen LogP contribution in [0, 0.1) is 5.41 Å². The SMILES string of the molecule is CO[C@@H]1CCC[C@]12CCCN(C(=O)C1(c3ccccc3)CCN(C)CC1)C2.O=CO. The number of nitrogens with zero attached hydrogens (tertiary/aromatic N) is 2. The minimum Gasteiger partial charge on any atom is -0.483 e. The maximum absolute atomic E-state index is 14.0. The number of piperidine rings is 2. The highest BCUT2D eigenvalue weighted by Crippen LogP contribution is 2.48. The van der Waals surface area contributed by atoms with Gasteiger partial charge in [0.1, 0.15) is 0 Å². The van der Waals surface area contributed by atoms with Crippen LogP contribution in [0.1, 0.15) is 50.5 Å². The number of likely N-dealkylation sites (tertiary alicyclic amines) is 2. The average Bonchev–Trinajstić information content (AvgIpc) is 3.16. The molecule has 1 N–H and O–H groups in total. The molecule has 0 bridgehead atoms. The minimum atomic E-state index is -0.354. The Balaban J connectivity index is 0.000000806. The molecule has 1 amide bonds. The van der Waals surface area contributed by atoms with Gasteiger partial charge in [0.05, 0.1) is 11.5 Å². The molecule has 0 aromatic heterocycles. The number of benzene rings is 1. The van der Waals surface area contributed by atoms with Crippen molar-refractivity contribution in [2.45, 2.75) is 56.5 Å². The number of carbonyl (C=O) groups excluding carboxylic acids is 1. The molecule has 0 radical (unpaired) electrons. The summed E-state index contributed by atoms with van der Waals surface area (Å²) >= 11 is 0. The highest BCUT2D eigenvalue weighted by atomic mass is 16.5. The van der Waals surface area contributed by atoms with Crippen LogP contribution < -0.4 is 0 Å². The second-order valence-corrected chi connectivity index (χ2v) is 9.17. The molecule has 2 heterocycles. The summed E-state index contributed by atoms with van der Waals surface area (Å²) in [4.78, 5) is 26.9. The topological polar surface area (TPSA) is 70.1 Å². The van der Waals surface area contributed by atoms with E-state index < -0.39 is 0 Å². The summed E-state index contributed by atoms with van der Waals surface area (Å²) in [5.41, 5.74) is 1.04. The zero-order valence-electron chi connectivity index (χ0n) is 18.4. The third kappa shape index (κ3) is 4.40. The maximum Gasteiger partial charge on any atom is 0.290 e. The van der Waals surface area contributed by atoms with Crippen LogP contribution in [-0.2, 0) is 19.7 Å². The number of carboxylic acid groups (broad SMARTS) is 1. The lowest BCUT2D eigenvalue weighted by Gasteiger charge is -2.48. The largest absolute Gasteiger partial charge is 0.483 e. The Kier molecular flexibility index (Phi) is 7.53. The molecule has 30 heavy (non-hydrogen) atoms. The number of methoxy groups -OCH3 is 1. The number of carbonyl (C=O) groups is 2. The highest BCUT2D eigenvalue weighted by molar-refractivity contribution is 5.88. The van der Waals surface area contributed by atoms with Crippen LogP contribution in [0.3, 0.4) is 0 Å². The molecule has 2 saturated heterocycles. The molecule has 6 nitrogen and oxygen atoms in total. The number of hydrogen-bond acceptors (Lipinski definition) is 4. The van der Waals surface area contributed by atoms with Crippen LogP contribution in [0.15, 0.2) is 30.3 Å². The van der Waals surface area contributed by atoms with Crippen molar-refractivity contribution in [3.8, 4) is 0 Å². The summed E-state index contributed by atoms with van der Waals surface area (Å²) in [6.45, 7) is 3.51. The Labute approximate surface area is 180 Å². The molecule has 1 spiro atoms. The van der Waals surface area contributed by atoms with Gasteiger partial charge in [-0.25, -0.2) is 0 Å². The van der Waals surface area contributed by atoms with Gasteiger partial charge in [0.15, 0.2) is 0 Å². The van der Waals surface area contributed by atoms with Gasteiger partial charge in [-0.15, -0.1) is 0 Å². The standard InChI is InChI=1S/C23H34N2O2.CH2O2/c1-24-16-13-23(14-17-24,19-8-4-3-5-9-19)21(26)25-15-7-12-22(18-25)11-6-10-20(22)27-2;2-1-3/h3-5,8-9,20H,6-7,10-18H2,1-2H3;1H,(H,2,3)/t20-,22-;/m1./s1. The van der Waals surface area contributed by atoms with E-state index in [9.17, 15) is 4.79 Å². The van der Waals surface area contributed by atoms with Crippen molar-refractivity contribution in [2.24, 2.45) is 5.41 Å². The molecule has 1 aromatic carbocycles. The van der Waals surface area contributed by atoms with E-state index >= 15 is 0 Å². The summed E-state index contributed by atoms with van der Waals surface area (Å²) in [7, 11) is 4.01. The maximum atomic E-state index is 14.0. The fourth-order valence-corrected chi connectivity index (χ4v) is 5.96. The summed E-state index contributed by atoms with van der Waals surface area (Å²) < 4.78 is 5.86. The fraction of sp³-hybridized carbons (Fsp3) is 0.667. The molecule has 0 unspecified atom stereocenters. The molecule has 1 aliphatic carbocycles. The van der Waals surface area contributed by atoms with Crippen LogP contribution in [0.25, 0.3) is 0 Å². The molecule has 4 rings (SSSR count). The van der Waals surface area contributed by atoms with Gasteiger partial charge in [0, 0.05) is 25.6 Å². The van der Waals surface area contributed by atoms with Crippen LogP contribution in [0.2, 0.25) is 0 Å². The van der Waals surface area contributed by atoms with E-state index in [1.165, 1.54) is 24.8 Å². The van der Waals surface area contributed by atoms with Crippen molar-refractivity contribution < 1.29 is 19.4 Å². The molecule has 2 aliphatic heterocycles. The first-order valence-electron chi connectivity index (χ1n) is 11.2. The molecule has 166 valence electrons. The van der Waals surface area contributed by atoms with Gasteiger partial charge in [-0.3, -0.25) is 9.59 Å². The molecule has 1 aromatic rings. The smallest absolute Gasteiger partial charge is 0.290 e. The van der Waals surface area contributed by atoms with Gasteiger partial charge in [-0.05, 0) is 64.2 Å². The van der Waals surface area contributed by atoms with E-state index in [-0.39, 0.29) is 17.3 Å². The lowest BCUT2D eigenvalue weighted by atomic mass is 9.70. The molecular weight excluding hydrogens is 380 g/mol. The zero-order valence-corrected chi connectivity index (χ0v) is 18.4. The normalized spacial score (nSPS) is 28.6. The van der Waals surface area contributed by atoms with Crippen molar-refractivity contribution >= 4 is 12.4 Å². The molecule has 3 aliphatic rings. The van der Waals surface area contributed by atoms with Crippen LogP contribution >= 0.6 is 0 Å². The highest BCUT2D eigenvalue weighted by Gasteiger charge is 2.50. The van der Waals surface area contributed by atoms with Gasteiger partial charge in [-0.1, -0.05) is 36.8 Å². The Morgan fingerprint density at radius 2 is 1.73 bits per heavy atom. The van der Waals surface area contributed by atoms with E-state index in [1.807, 2.05) is 13.2 Å². The van der Waals surface area contributed by atoms with Crippen LogP contribution in [0.4, 0.5) is 0 Å². The summed E-state index contributed by atoms with van der Waals surface area (Å²) in [5, 5.41) is 6.89. The second kappa shape index (κ2) is 9.92. The molecule has 6 heteroatoms. The van der Waals surface area contributed by atoms with Gasteiger partial charge < -0.3 is 19.6 Å². The average molecular weight is 417 g/mol. The lowest BCUT2D eigenvalue weighted by Crippen LogP contribution is -2.57. The number of rotatable bonds is 3. The first-order chi connectivity index (χ1) is 14.5. The van der Waals surface area contributed by atoms with Crippen LogP contribution in [0.5, 0.6) is 0 Å². The van der Waals surface area contributed by atoms with Crippen molar-refractivity contribution in [2.75, 3.05) is 40.3 Å². The predicted molar refractivity (Wildman–Crippen MR) is 116 cm³/mol. The Hall–Kier alpha value is -1.92. The second-order valence-electron chi connectivity index (χ2n) is 9.17. The van der Waals surface area contributed by atoms with E-state index in [4.69, 9.17) is 14.6 Å². The van der Waals surface area contributed by atoms with Crippen molar-refractivity contribution in [3.63, 3.8) is 0 Å². The third-order valence-electron chi connectivity index (χ3n) is 7.58. The van der Waals surface area contributed by atoms with Crippen molar-refractivity contribution in [3.05, 3.63) is 35.9 Å². The molecular formula is C24H36N2O4. The van der Waals surface area contributed by atoms with E-state index in [2.05, 4.69) is 41.1 Å². The molecule has 2 atom stereocenters. The lowest BCUT2D eigenvalue weighted by molar-refractivity contribution is -0.145. The third-order valence-corrected chi connectivity index (χ3v) is 7.58. The van der Waals surface area contributed by atoms with Gasteiger partial charge in [0.25, 0.3) is 6.47 Å². The van der Waals surface area contributed by atoms with Crippen LogP contribution in [-0.4, -0.2) is 73.7 Å². The van der Waals surface area contributed by atoms with E-state index in [0.29, 0.717) is 12.0 Å². The van der Waals surface area contributed by atoms with Gasteiger partial charge in [-0.2, -0.15) is 0 Å². The predicted octanol–water partition coefficient (Wildman–Crippen LogP) is 3.16. The van der Waals surface area contributed by atoms with Gasteiger partial charge in [0.2, 0.25) is 5.91 Å². The van der Waals surface area contributed by atoms with Crippen molar-refractivity contribution in [1.82, 2.24) is 9.80 Å². The quantitative estimate of drug-likeness (QED) is 0.767. The summed E-state index contributed by atoms with van der Waals surface area (Å²) in [6, 6.07) is 10.5. The monoisotopic (exact) mass is 416 g/mol. The number of hydrogen-bond donors (Lipinski definition) is 1.